The molecular formula is C34H33N2O+. The van der Waals surface area contributed by atoms with Crippen LogP contribution in [0.4, 0.5) is 5.69 Å². The molecule has 37 heavy (non-hydrogen) atoms. The highest BCUT2D eigenvalue weighted by atomic mass is 16.3. The molecule has 0 N–H and O–H groups in total. The summed E-state index contributed by atoms with van der Waals surface area (Å²) in [5, 5.41) is 2.17. The Hall–Kier alpha value is -3.90. The average Bonchev–Trinajstić information content (AvgIpc) is 3.28. The first-order chi connectivity index (χ1) is 18.0. The highest BCUT2D eigenvalue weighted by Crippen LogP contribution is 2.46. The fourth-order valence-corrected chi connectivity index (χ4v) is 6.40. The topological polar surface area (TPSA) is 21.4 Å². The molecule has 0 saturated heterocycles. The Morgan fingerprint density at radius 2 is 1.54 bits per heavy atom. The zero-order valence-electron chi connectivity index (χ0n) is 22.2. The van der Waals surface area contributed by atoms with Gasteiger partial charge in [-0.25, -0.2) is 4.85 Å². The van der Waals surface area contributed by atoms with E-state index in [9.17, 15) is 0 Å². The van der Waals surface area contributed by atoms with E-state index in [1.54, 1.807) is 0 Å². The zero-order valence-corrected chi connectivity index (χ0v) is 22.2. The number of fused-ring (bicyclic) bond motifs is 3. The Morgan fingerprint density at radius 1 is 0.811 bits per heavy atom. The van der Waals surface area contributed by atoms with Crippen molar-refractivity contribution in [2.24, 2.45) is 7.05 Å². The van der Waals surface area contributed by atoms with Crippen molar-refractivity contribution in [3.63, 3.8) is 0 Å². The number of aromatic nitrogens is 1. The maximum Gasteiger partial charge on any atom is 0.216 e. The van der Waals surface area contributed by atoms with Crippen molar-refractivity contribution in [1.82, 2.24) is 0 Å². The van der Waals surface area contributed by atoms with Crippen molar-refractivity contribution < 1.29 is 8.98 Å². The summed E-state index contributed by atoms with van der Waals surface area (Å²) < 4.78 is 9.14. The fourth-order valence-electron chi connectivity index (χ4n) is 6.40. The molecular weight excluding hydrogens is 452 g/mol. The predicted molar refractivity (Wildman–Crippen MR) is 152 cm³/mol. The van der Waals surface area contributed by atoms with Gasteiger partial charge in [0.15, 0.2) is 5.69 Å². The van der Waals surface area contributed by atoms with Gasteiger partial charge in [-0.3, -0.25) is 0 Å². The summed E-state index contributed by atoms with van der Waals surface area (Å²) in [5.74, 6) is 0.667. The molecule has 0 aliphatic heterocycles. The summed E-state index contributed by atoms with van der Waals surface area (Å²) in [6, 6.07) is 21.3. The van der Waals surface area contributed by atoms with Crippen LogP contribution in [-0.2, 0) is 7.05 Å². The fraction of sp³-hybridized carbons (Fsp3) is 0.294. The van der Waals surface area contributed by atoms with Gasteiger partial charge < -0.3 is 4.42 Å². The van der Waals surface area contributed by atoms with E-state index >= 15 is 0 Å². The van der Waals surface area contributed by atoms with Crippen LogP contribution in [0.5, 0.6) is 0 Å². The van der Waals surface area contributed by atoms with Crippen molar-refractivity contribution in [1.29, 1.82) is 0 Å². The van der Waals surface area contributed by atoms with E-state index in [2.05, 4.69) is 72.8 Å². The molecule has 1 fully saturated rings. The first-order valence-corrected chi connectivity index (χ1v) is 13.4. The molecule has 2 heterocycles. The second-order valence-electron chi connectivity index (χ2n) is 10.7. The van der Waals surface area contributed by atoms with Crippen molar-refractivity contribution in [2.75, 3.05) is 0 Å². The van der Waals surface area contributed by atoms with E-state index in [1.807, 2.05) is 25.1 Å². The first kappa shape index (κ1) is 23.5. The molecule has 0 spiro atoms. The number of benzene rings is 3. The number of rotatable bonds is 3. The highest BCUT2D eigenvalue weighted by Gasteiger charge is 2.27. The van der Waals surface area contributed by atoms with Gasteiger partial charge in [0.2, 0.25) is 11.4 Å². The SMILES string of the molecule is [C-]#[N+]c1c(C)cc2c(oc3c(-c4ccc(C5CCCCC5)c(C)[n+]4C)c(C)ccc32)c1-c1ccccc1. The lowest BCUT2D eigenvalue weighted by Crippen LogP contribution is -2.36. The van der Waals surface area contributed by atoms with Crippen LogP contribution >= 0.6 is 0 Å². The predicted octanol–water partition coefficient (Wildman–Crippen LogP) is 9.27. The zero-order chi connectivity index (χ0) is 25.7. The number of furan rings is 1. The van der Waals surface area contributed by atoms with Crippen LogP contribution in [0.2, 0.25) is 0 Å². The van der Waals surface area contributed by atoms with Gasteiger partial charge in [0.25, 0.3) is 0 Å². The largest absolute Gasteiger partial charge is 0.456 e. The normalized spacial score (nSPS) is 14.4. The van der Waals surface area contributed by atoms with Gasteiger partial charge in [-0.05, 0) is 55.4 Å². The van der Waals surface area contributed by atoms with Gasteiger partial charge in [-0.2, -0.15) is 4.57 Å². The lowest BCUT2D eigenvalue weighted by atomic mass is 9.83. The van der Waals surface area contributed by atoms with E-state index < -0.39 is 0 Å². The third-order valence-electron chi connectivity index (χ3n) is 8.48. The molecule has 1 aliphatic rings. The minimum atomic E-state index is 0.661. The van der Waals surface area contributed by atoms with Crippen LogP contribution in [0.1, 0.15) is 60.4 Å². The maximum atomic E-state index is 7.93. The quantitative estimate of drug-likeness (QED) is 0.184. The summed E-state index contributed by atoms with van der Waals surface area (Å²) in [6.07, 6.45) is 6.63. The standard InChI is InChI=1S/C34H33N2O/c1-21-16-17-27-28-20-22(2)32(35-4)31(25-14-10-7-11-15-25)34(28)37-33(27)30(21)29-19-18-26(23(3)36(29)5)24-12-8-6-9-13-24/h7,10-11,14-20,24H,6,8-9,12-13H2,1-3,5H3/q+1. The second kappa shape index (κ2) is 9.20. The summed E-state index contributed by atoms with van der Waals surface area (Å²) >= 11 is 0. The van der Waals surface area contributed by atoms with Gasteiger partial charge in [-0.1, -0.05) is 67.8 Å². The number of nitrogens with zero attached hydrogens (tertiary/aromatic N) is 2. The van der Waals surface area contributed by atoms with E-state index in [-0.39, 0.29) is 0 Å². The molecule has 184 valence electrons. The molecule has 2 aromatic heterocycles. The van der Waals surface area contributed by atoms with Crippen molar-refractivity contribution in [2.45, 2.75) is 58.8 Å². The lowest BCUT2D eigenvalue weighted by molar-refractivity contribution is -0.667. The van der Waals surface area contributed by atoms with Crippen molar-refractivity contribution in [3.05, 3.63) is 94.5 Å². The van der Waals surface area contributed by atoms with Gasteiger partial charge in [-0.15, -0.1) is 0 Å². The van der Waals surface area contributed by atoms with Crippen molar-refractivity contribution in [3.8, 4) is 22.4 Å². The van der Waals surface area contributed by atoms with E-state index in [0.29, 0.717) is 11.6 Å². The van der Waals surface area contributed by atoms with Crippen LogP contribution < -0.4 is 4.57 Å². The molecule has 1 saturated carbocycles. The molecule has 6 rings (SSSR count). The molecule has 0 bridgehead atoms. The maximum absolute atomic E-state index is 7.93. The lowest BCUT2D eigenvalue weighted by Gasteiger charge is -2.22. The van der Waals surface area contributed by atoms with Crippen LogP contribution in [0.25, 0.3) is 49.2 Å². The van der Waals surface area contributed by atoms with Crippen molar-refractivity contribution >= 4 is 27.6 Å². The van der Waals surface area contributed by atoms with Gasteiger partial charge in [0.1, 0.15) is 18.2 Å². The van der Waals surface area contributed by atoms with Gasteiger partial charge >= 0.3 is 0 Å². The highest BCUT2D eigenvalue weighted by molar-refractivity contribution is 6.15. The number of aryl methyl sites for hydroxylation is 2. The molecule has 1 aliphatic carbocycles. The molecule has 3 heteroatoms. The monoisotopic (exact) mass is 485 g/mol. The van der Waals surface area contributed by atoms with Crippen LogP contribution in [0.3, 0.4) is 0 Å². The Bertz CT molecular complexity index is 1700. The van der Waals surface area contributed by atoms with Gasteiger partial charge in [0.05, 0.1) is 12.1 Å². The minimum Gasteiger partial charge on any atom is -0.456 e. The van der Waals surface area contributed by atoms with E-state index in [0.717, 1.165) is 44.2 Å². The third kappa shape index (κ3) is 3.75. The summed E-state index contributed by atoms with van der Waals surface area (Å²) in [4.78, 5) is 3.93. The minimum absolute atomic E-state index is 0.661. The van der Waals surface area contributed by atoms with Crippen LogP contribution in [-0.4, -0.2) is 0 Å². The molecule has 0 radical (unpaired) electrons. The summed E-state index contributed by atoms with van der Waals surface area (Å²) in [5.41, 5.74) is 11.6. The molecule has 0 amide bonds. The van der Waals surface area contributed by atoms with E-state index in [1.165, 1.54) is 54.6 Å². The van der Waals surface area contributed by atoms with Crippen LogP contribution in [0.15, 0.2) is 65.1 Å². The molecule has 3 aromatic carbocycles. The third-order valence-corrected chi connectivity index (χ3v) is 8.48. The molecule has 0 atom stereocenters. The summed E-state index contributed by atoms with van der Waals surface area (Å²) in [6.45, 7) is 14.4. The Kier molecular flexibility index (Phi) is 5.84. The first-order valence-electron chi connectivity index (χ1n) is 13.4. The van der Waals surface area contributed by atoms with Gasteiger partial charge in [0, 0.05) is 34.9 Å². The second-order valence-corrected chi connectivity index (χ2v) is 10.7. The number of hydrogen-bond donors (Lipinski definition) is 0. The number of pyridine rings is 1. The summed E-state index contributed by atoms with van der Waals surface area (Å²) in [7, 11) is 2.19. The van der Waals surface area contributed by atoms with Crippen LogP contribution in [0, 0.1) is 27.3 Å². The molecule has 0 unspecified atom stereocenters. The Labute approximate surface area is 219 Å². The molecule has 5 aromatic rings. The number of hydrogen-bond acceptors (Lipinski definition) is 1. The Balaban J connectivity index is 1.63. The Morgan fingerprint density at radius 3 is 2.27 bits per heavy atom. The average molecular weight is 486 g/mol. The molecule has 3 nitrogen and oxygen atoms in total. The van der Waals surface area contributed by atoms with E-state index in [4.69, 9.17) is 11.0 Å². The smallest absolute Gasteiger partial charge is 0.216 e.